The molecule has 1 nitrogen and oxygen atoms in total. The van der Waals surface area contributed by atoms with Crippen molar-refractivity contribution in [1.82, 2.24) is 0 Å². The molecule has 4 heteroatoms. The van der Waals surface area contributed by atoms with Crippen molar-refractivity contribution in [2.24, 2.45) is 0 Å². The molecule has 0 fully saturated rings. The molecule has 0 saturated carbocycles. The first-order valence-corrected chi connectivity index (χ1v) is 9.06. The number of ether oxygens (including phenoxy) is 1. The fourth-order valence-corrected chi connectivity index (χ4v) is 2.97. The van der Waals surface area contributed by atoms with E-state index in [9.17, 15) is 13.2 Å². The molecule has 0 saturated heterocycles. The Balaban J connectivity index is 1.92. The third-order valence-electron chi connectivity index (χ3n) is 4.38. The van der Waals surface area contributed by atoms with E-state index in [1.54, 1.807) is 24.3 Å². The molecule has 0 N–H and O–H groups in total. The lowest BCUT2D eigenvalue weighted by Gasteiger charge is -2.12. The lowest BCUT2D eigenvalue weighted by molar-refractivity contribution is 0.306. The van der Waals surface area contributed by atoms with Crippen molar-refractivity contribution in [3.8, 4) is 28.0 Å². The number of unbranched alkanes of at least 4 members (excludes halogenated alkanes) is 2. The summed E-state index contributed by atoms with van der Waals surface area (Å²) in [6, 6.07) is 14.5. The Morgan fingerprint density at radius 1 is 0.704 bits per heavy atom. The molecular formula is C23H21F3O. The van der Waals surface area contributed by atoms with Gasteiger partial charge in [0.15, 0.2) is 0 Å². The number of hydrogen-bond donors (Lipinski definition) is 0. The smallest absolute Gasteiger partial charge is 0.131 e. The van der Waals surface area contributed by atoms with Crippen molar-refractivity contribution >= 4 is 0 Å². The number of benzene rings is 3. The minimum absolute atomic E-state index is 0.102. The number of rotatable bonds is 7. The quantitative estimate of drug-likeness (QED) is 0.407. The van der Waals surface area contributed by atoms with Crippen LogP contribution in [-0.4, -0.2) is 6.61 Å². The van der Waals surface area contributed by atoms with Gasteiger partial charge in [0.1, 0.15) is 23.2 Å². The van der Waals surface area contributed by atoms with Crippen molar-refractivity contribution in [3.05, 3.63) is 78.1 Å². The van der Waals surface area contributed by atoms with Crippen LogP contribution in [-0.2, 0) is 0 Å². The largest absolute Gasteiger partial charge is 0.494 e. The lowest BCUT2D eigenvalue weighted by Crippen LogP contribution is -1.97. The van der Waals surface area contributed by atoms with Crippen molar-refractivity contribution in [2.45, 2.75) is 26.2 Å². The molecular weight excluding hydrogens is 349 g/mol. The summed E-state index contributed by atoms with van der Waals surface area (Å²) in [5.41, 5.74) is 1.74. The zero-order valence-corrected chi connectivity index (χ0v) is 15.1. The topological polar surface area (TPSA) is 9.23 Å². The molecule has 0 aliphatic rings. The minimum atomic E-state index is -0.555. The van der Waals surface area contributed by atoms with Gasteiger partial charge in [-0.1, -0.05) is 38.0 Å². The maximum absolute atomic E-state index is 14.2. The van der Waals surface area contributed by atoms with Crippen LogP contribution < -0.4 is 4.74 Å². The Morgan fingerprint density at radius 3 is 2.07 bits per heavy atom. The molecule has 0 spiro atoms. The Bertz CT molecular complexity index is 904. The summed E-state index contributed by atoms with van der Waals surface area (Å²) in [7, 11) is 0. The van der Waals surface area contributed by atoms with E-state index in [0.717, 1.165) is 43.2 Å². The van der Waals surface area contributed by atoms with Gasteiger partial charge in [-0.25, -0.2) is 13.2 Å². The average Bonchev–Trinajstić information content (AvgIpc) is 2.68. The molecule has 0 radical (unpaired) electrons. The summed E-state index contributed by atoms with van der Waals surface area (Å²) in [5.74, 6) is -0.812. The summed E-state index contributed by atoms with van der Waals surface area (Å²) >= 11 is 0. The highest BCUT2D eigenvalue weighted by Crippen LogP contribution is 2.35. The fourth-order valence-electron chi connectivity index (χ4n) is 2.97. The standard InChI is InChI=1S/C23H21F3O/c1-2-3-4-13-27-19-9-5-16(6-10-19)21-14-17(24)7-11-20(21)22-15-18(25)8-12-23(22)26/h5-12,14-15H,2-4,13H2,1H3. The minimum Gasteiger partial charge on any atom is -0.494 e. The zero-order chi connectivity index (χ0) is 19.2. The predicted octanol–water partition coefficient (Wildman–Crippen LogP) is 7.01. The maximum Gasteiger partial charge on any atom is 0.131 e. The second kappa shape index (κ2) is 8.76. The SMILES string of the molecule is CCCCCOc1ccc(-c2cc(F)ccc2-c2cc(F)ccc2F)cc1. The van der Waals surface area contributed by atoms with Crippen LogP contribution in [0.3, 0.4) is 0 Å². The van der Waals surface area contributed by atoms with Crippen LogP contribution >= 0.6 is 0 Å². The summed E-state index contributed by atoms with van der Waals surface area (Å²) in [4.78, 5) is 0. The molecule has 0 bridgehead atoms. The molecule has 3 aromatic rings. The third kappa shape index (κ3) is 4.70. The average molecular weight is 370 g/mol. The molecule has 0 aliphatic carbocycles. The van der Waals surface area contributed by atoms with Crippen LogP contribution in [0.1, 0.15) is 26.2 Å². The van der Waals surface area contributed by atoms with Crippen LogP contribution in [0, 0.1) is 17.5 Å². The van der Waals surface area contributed by atoms with Gasteiger partial charge >= 0.3 is 0 Å². The van der Waals surface area contributed by atoms with Crippen molar-refractivity contribution in [1.29, 1.82) is 0 Å². The second-order valence-corrected chi connectivity index (χ2v) is 6.39. The number of halogens is 3. The monoisotopic (exact) mass is 370 g/mol. The van der Waals surface area contributed by atoms with E-state index in [0.29, 0.717) is 23.3 Å². The van der Waals surface area contributed by atoms with Crippen LogP contribution in [0.4, 0.5) is 13.2 Å². The van der Waals surface area contributed by atoms with Gasteiger partial charge in [0.05, 0.1) is 6.61 Å². The van der Waals surface area contributed by atoms with Gasteiger partial charge in [0, 0.05) is 5.56 Å². The predicted molar refractivity (Wildman–Crippen MR) is 102 cm³/mol. The summed E-state index contributed by atoms with van der Waals surface area (Å²) in [6.07, 6.45) is 3.23. The Kier molecular flexibility index (Phi) is 6.17. The van der Waals surface area contributed by atoms with Crippen LogP contribution in [0.5, 0.6) is 5.75 Å². The van der Waals surface area contributed by atoms with Gasteiger partial charge in [-0.05, 0) is 65.6 Å². The van der Waals surface area contributed by atoms with Gasteiger partial charge in [-0.2, -0.15) is 0 Å². The van der Waals surface area contributed by atoms with Crippen molar-refractivity contribution in [3.63, 3.8) is 0 Å². The van der Waals surface area contributed by atoms with E-state index in [1.807, 2.05) is 0 Å². The molecule has 0 aromatic heterocycles. The highest BCUT2D eigenvalue weighted by Gasteiger charge is 2.13. The Hall–Kier alpha value is -2.75. The van der Waals surface area contributed by atoms with Gasteiger partial charge in [-0.15, -0.1) is 0 Å². The maximum atomic E-state index is 14.2. The molecule has 0 unspecified atom stereocenters. The molecule has 0 heterocycles. The summed E-state index contributed by atoms with van der Waals surface area (Å²) in [5, 5.41) is 0. The Morgan fingerprint density at radius 2 is 1.37 bits per heavy atom. The molecule has 3 aromatic carbocycles. The highest BCUT2D eigenvalue weighted by atomic mass is 19.1. The van der Waals surface area contributed by atoms with E-state index in [2.05, 4.69) is 6.92 Å². The van der Waals surface area contributed by atoms with Crippen LogP contribution in [0.25, 0.3) is 22.3 Å². The van der Waals surface area contributed by atoms with E-state index >= 15 is 0 Å². The molecule has 0 atom stereocenters. The van der Waals surface area contributed by atoms with Gasteiger partial charge in [0.25, 0.3) is 0 Å². The molecule has 0 amide bonds. The first kappa shape index (κ1) is 19.0. The molecule has 0 aliphatic heterocycles. The van der Waals surface area contributed by atoms with Crippen LogP contribution in [0.2, 0.25) is 0 Å². The molecule has 140 valence electrons. The first-order chi connectivity index (χ1) is 13.1. The summed E-state index contributed by atoms with van der Waals surface area (Å²) < 4.78 is 47.4. The van der Waals surface area contributed by atoms with Crippen molar-refractivity contribution in [2.75, 3.05) is 6.61 Å². The van der Waals surface area contributed by atoms with Gasteiger partial charge in [0.2, 0.25) is 0 Å². The zero-order valence-electron chi connectivity index (χ0n) is 15.1. The third-order valence-corrected chi connectivity index (χ3v) is 4.38. The second-order valence-electron chi connectivity index (χ2n) is 6.39. The molecule has 3 rings (SSSR count). The lowest BCUT2D eigenvalue weighted by atomic mass is 9.94. The Labute approximate surface area is 157 Å². The van der Waals surface area contributed by atoms with Crippen LogP contribution in [0.15, 0.2) is 60.7 Å². The van der Waals surface area contributed by atoms with E-state index in [-0.39, 0.29) is 5.56 Å². The van der Waals surface area contributed by atoms with E-state index < -0.39 is 17.5 Å². The summed E-state index contributed by atoms with van der Waals surface area (Å²) in [6.45, 7) is 2.78. The van der Waals surface area contributed by atoms with Gasteiger partial charge in [-0.3, -0.25) is 0 Å². The fraction of sp³-hybridized carbons (Fsp3) is 0.217. The van der Waals surface area contributed by atoms with E-state index in [1.165, 1.54) is 18.2 Å². The van der Waals surface area contributed by atoms with Gasteiger partial charge < -0.3 is 4.74 Å². The highest BCUT2D eigenvalue weighted by molar-refractivity contribution is 5.83. The van der Waals surface area contributed by atoms with E-state index in [4.69, 9.17) is 4.74 Å². The first-order valence-electron chi connectivity index (χ1n) is 9.06. The number of hydrogen-bond acceptors (Lipinski definition) is 1. The molecule has 27 heavy (non-hydrogen) atoms. The van der Waals surface area contributed by atoms with Crippen molar-refractivity contribution < 1.29 is 17.9 Å². The normalized spacial score (nSPS) is 10.8.